The molecular formula is C25H29N6O8+. The maximum atomic E-state index is 11.4. The standard InChI is InChI=1S/C25H28N6O8/c1-18(32)26-22-7-5-20(30(34)35)15-24(22)38-13-3-9-28-11-12-29(17-28)10-4-14-39-25-16-21(31(36)37)6-8-23(25)27-19(2)33/h5-8,11-12,15-17H,3-4,9-10,13-14H2,1-2H3,(H-,26,27,32,33)/p+1. The van der Waals surface area contributed by atoms with Gasteiger partial charge in [0.05, 0.1) is 59.7 Å². The molecule has 2 N–H and O–H groups in total. The highest BCUT2D eigenvalue weighted by Gasteiger charge is 2.15. The summed E-state index contributed by atoms with van der Waals surface area (Å²) in [6.45, 7) is 4.49. The normalized spacial score (nSPS) is 10.5. The van der Waals surface area contributed by atoms with E-state index in [1.54, 1.807) is 0 Å². The number of aryl methyl sites for hydroxylation is 2. The summed E-state index contributed by atoms with van der Waals surface area (Å²) in [4.78, 5) is 43.9. The molecule has 2 amide bonds. The zero-order chi connectivity index (χ0) is 28.4. The molecule has 14 nitrogen and oxygen atoms in total. The lowest BCUT2D eigenvalue weighted by atomic mass is 10.2. The number of imidazole rings is 1. The smallest absolute Gasteiger partial charge is 0.273 e. The molecule has 0 radical (unpaired) electrons. The number of nitro benzene ring substituents is 2. The van der Waals surface area contributed by atoms with Crippen molar-refractivity contribution in [2.75, 3.05) is 23.8 Å². The van der Waals surface area contributed by atoms with Crippen molar-refractivity contribution in [3.05, 3.63) is 75.3 Å². The Labute approximate surface area is 223 Å². The number of benzene rings is 2. The first kappa shape index (κ1) is 28.6. The van der Waals surface area contributed by atoms with Crippen molar-refractivity contribution in [1.82, 2.24) is 4.57 Å². The Bertz CT molecular complexity index is 1260. The third kappa shape index (κ3) is 8.80. The van der Waals surface area contributed by atoms with Gasteiger partial charge in [0, 0.05) is 38.8 Å². The lowest BCUT2D eigenvalue weighted by Crippen LogP contribution is -2.32. The molecule has 0 aliphatic carbocycles. The van der Waals surface area contributed by atoms with Crippen molar-refractivity contribution in [1.29, 1.82) is 0 Å². The summed E-state index contributed by atoms with van der Waals surface area (Å²) >= 11 is 0. The summed E-state index contributed by atoms with van der Waals surface area (Å²) in [6.07, 6.45) is 6.92. The molecule has 2 aromatic carbocycles. The van der Waals surface area contributed by atoms with Crippen LogP contribution in [0.1, 0.15) is 26.7 Å². The second kappa shape index (κ2) is 13.5. The van der Waals surface area contributed by atoms with Gasteiger partial charge in [0.2, 0.25) is 18.1 Å². The number of rotatable bonds is 14. The maximum absolute atomic E-state index is 11.4. The van der Waals surface area contributed by atoms with Crippen LogP contribution in [0.3, 0.4) is 0 Å². The van der Waals surface area contributed by atoms with E-state index in [1.165, 1.54) is 50.2 Å². The van der Waals surface area contributed by atoms with Gasteiger partial charge in [-0.2, -0.15) is 0 Å². The second-order valence-electron chi connectivity index (χ2n) is 8.53. The number of anilines is 2. The molecule has 39 heavy (non-hydrogen) atoms. The zero-order valence-corrected chi connectivity index (χ0v) is 21.5. The molecule has 0 atom stereocenters. The van der Waals surface area contributed by atoms with E-state index in [4.69, 9.17) is 9.47 Å². The lowest BCUT2D eigenvalue weighted by Gasteiger charge is -2.11. The Morgan fingerprint density at radius 1 is 0.872 bits per heavy atom. The average molecular weight is 542 g/mol. The number of nitro groups is 2. The van der Waals surface area contributed by atoms with Crippen LogP contribution in [-0.2, 0) is 22.7 Å². The molecule has 0 saturated heterocycles. The van der Waals surface area contributed by atoms with Crippen molar-refractivity contribution in [3.8, 4) is 11.5 Å². The third-order valence-electron chi connectivity index (χ3n) is 5.36. The van der Waals surface area contributed by atoms with E-state index in [0.717, 1.165) is 0 Å². The molecule has 206 valence electrons. The lowest BCUT2D eigenvalue weighted by molar-refractivity contribution is -0.696. The molecule has 0 saturated carbocycles. The monoisotopic (exact) mass is 541 g/mol. The second-order valence-corrected chi connectivity index (χ2v) is 8.53. The number of aromatic nitrogens is 2. The van der Waals surface area contributed by atoms with Crippen molar-refractivity contribution in [2.24, 2.45) is 0 Å². The number of hydrogen-bond donors (Lipinski definition) is 2. The summed E-state index contributed by atoms with van der Waals surface area (Å²) in [5, 5.41) is 27.3. The quantitative estimate of drug-likeness (QED) is 0.135. The molecule has 3 aromatic rings. The number of non-ortho nitro benzene ring substituents is 2. The van der Waals surface area contributed by atoms with Gasteiger partial charge in [0.1, 0.15) is 23.9 Å². The molecule has 1 aromatic heterocycles. The van der Waals surface area contributed by atoms with E-state index in [0.29, 0.717) is 37.3 Å². The van der Waals surface area contributed by atoms with Gasteiger partial charge in [-0.3, -0.25) is 29.8 Å². The highest BCUT2D eigenvalue weighted by atomic mass is 16.6. The van der Waals surface area contributed by atoms with Gasteiger partial charge in [-0.1, -0.05) is 0 Å². The van der Waals surface area contributed by atoms with Crippen LogP contribution in [0.5, 0.6) is 11.5 Å². The SMILES string of the molecule is CC(=O)Nc1ccc([N+](=O)[O-])cc1OCCCn1cc[n+](CCCOc2cc([N+](=O)[O-])ccc2NC(C)=O)c1. The van der Waals surface area contributed by atoms with Crippen LogP contribution < -0.4 is 24.7 Å². The third-order valence-corrected chi connectivity index (χ3v) is 5.36. The minimum Gasteiger partial charge on any atom is -0.491 e. The fourth-order valence-electron chi connectivity index (χ4n) is 3.64. The number of ether oxygens (including phenoxy) is 2. The highest BCUT2D eigenvalue weighted by Crippen LogP contribution is 2.30. The first-order valence-corrected chi connectivity index (χ1v) is 12.0. The predicted molar refractivity (Wildman–Crippen MR) is 140 cm³/mol. The first-order chi connectivity index (χ1) is 18.6. The van der Waals surface area contributed by atoms with Gasteiger partial charge in [0.15, 0.2) is 0 Å². The van der Waals surface area contributed by atoms with Crippen molar-refractivity contribution < 1.29 is 33.5 Å². The Morgan fingerprint density at radius 3 is 1.87 bits per heavy atom. The Morgan fingerprint density at radius 2 is 1.38 bits per heavy atom. The summed E-state index contributed by atoms with van der Waals surface area (Å²) in [5.74, 6) is -0.164. The van der Waals surface area contributed by atoms with Crippen LogP contribution in [0, 0.1) is 20.2 Å². The summed E-state index contributed by atoms with van der Waals surface area (Å²) in [7, 11) is 0. The molecular weight excluding hydrogens is 512 g/mol. The number of nitrogens with zero attached hydrogens (tertiary/aromatic N) is 4. The van der Waals surface area contributed by atoms with Gasteiger partial charge in [0.25, 0.3) is 11.4 Å². The minimum atomic E-state index is -0.528. The number of carbonyl (C=O) groups excluding carboxylic acids is 2. The van der Waals surface area contributed by atoms with E-state index >= 15 is 0 Å². The fraction of sp³-hybridized carbons (Fsp3) is 0.320. The van der Waals surface area contributed by atoms with Crippen LogP contribution in [0.25, 0.3) is 0 Å². The molecule has 0 aliphatic heterocycles. The maximum Gasteiger partial charge on any atom is 0.273 e. The molecule has 0 bridgehead atoms. The average Bonchev–Trinajstić information content (AvgIpc) is 3.32. The Hall–Kier alpha value is -5.01. The molecule has 0 spiro atoms. The van der Waals surface area contributed by atoms with E-state index in [-0.39, 0.29) is 47.9 Å². The van der Waals surface area contributed by atoms with Crippen molar-refractivity contribution in [2.45, 2.75) is 39.8 Å². The van der Waals surface area contributed by atoms with Gasteiger partial charge in [-0.15, -0.1) is 0 Å². The largest absolute Gasteiger partial charge is 0.491 e. The van der Waals surface area contributed by atoms with Crippen LogP contribution in [0.4, 0.5) is 22.7 Å². The van der Waals surface area contributed by atoms with E-state index in [9.17, 15) is 29.8 Å². The predicted octanol–water partition coefficient (Wildman–Crippen LogP) is 3.45. The van der Waals surface area contributed by atoms with Crippen LogP contribution >= 0.6 is 0 Å². The van der Waals surface area contributed by atoms with Crippen LogP contribution in [0.2, 0.25) is 0 Å². The molecule has 0 fully saturated rings. The van der Waals surface area contributed by atoms with Crippen molar-refractivity contribution >= 4 is 34.6 Å². The zero-order valence-electron chi connectivity index (χ0n) is 21.5. The number of nitrogens with one attached hydrogen (secondary N) is 2. The number of hydrogen-bond acceptors (Lipinski definition) is 8. The van der Waals surface area contributed by atoms with Crippen LogP contribution in [0.15, 0.2) is 55.1 Å². The first-order valence-electron chi connectivity index (χ1n) is 12.0. The number of amides is 2. The van der Waals surface area contributed by atoms with Crippen molar-refractivity contribution in [3.63, 3.8) is 0 Å². The number of carbonyl (C=O) groups is 2. The highest BCUT2D eigenvalue weighted by molar-refractivity contribution is 5.91. The topological polar surface area (TPSA) is 172 Å². The van der Waals surface area contributed by atoms with Gasteiger partial charge in [-0.05, 0) is 12.1 Å². The molecule has 0 unspecified atom stereocenters. The van der Waals surface area contributed by atoms with E-state index in [2.05, 4.69) is 10.6 Å². The summed E-state index contributed by atoms with van der Waals surface area (Å²) in [5.41, 5.74) is 0.463. The van der Waals surface area contributed by atoms with E-state index < -0.39 is 9.85 Å². The van der Waals surface area contributed by atoms with Gasteiger partial charge >= 0.3 is 0 Å². The Kier molecular flexibility index (Phi) is 9.89. The van der Waals surface area contributed by atoms with Gasteiger partial charge < -0.3 is 20.1 Å². The molecule has 0 aliphatic rings. The van der Waals surface area contributed by atoms with Gasteiger partial charge in [-0.25, -0.2) is 9.13 Å². The Balaban J connectivity index is 1.47. The van der Waals surface area contributed by atoms with Crippen LogP contribution in [-0.4, -0.2) is 39.4 Å². The summed E-state index contributed by atoms with van der Waals surface area (Å²) < 4.78 is 15.3. The van der Waals surface area contributed by atoms with E-state index in [1.807, 2.05) is 27.9 Å². The molecule has 1 heterocycles. The minimum absolute atomic E-state index is 0.133. The summed E-state index contributed by atoms with van der Waals surface area (Å²) in [6, 6.07) is 8.04. The fourth-order valence-corrected chi connectivity index (χ4v) is 3.64. The molecule has 14 heteroatoms. The molecule has 3 rings (SSSR count).